The summed E-state index contributed by atoms with van der Waals surface area (Å²) in [5.74, 6) is 1.19. The van der Waals surface area contributed by atoms with Crippen LogP contribution in [0, 0.1) is 0 Å². The maximum atomic E-state index is 12.1. The van der Waals surface area contributed by atoms with Crippen molar-refractivity contribution in [3.05, 3.63) is 42.5 Å². The first-order valence-electron chi connectivity index (χ1n) is 6.84. The molecule has 23 heavy (non-hydrogen) atoms. The van der Waals surface area contributed by atoms with Crippen molar-refractivity contribution in [1.82, 2.24) is 4.98 Å². The Morgan fingerprint density at radius 2 is 1.74 bits per heavy atom. The zero-order chi connectivity index (χ0) is 16.2. The van der Waals surface area contributed by atoms with E-state index in [1.54, 1.807) is 32.4 Å². The Morgan fingerprint density at radius 1 is 1.04 bits per heavy atom. The smallest absolute Gasteiger partial charge is 0.325 e. The summed E-state index contributed by atoms with van der Waals surface area (Å²) in [6, 6.07) is 12.5. The molecule has 0 saturated heterocycles. The minimum atomic E-state index is -0.376. The van der Waals surface area contributed by atoms with Crippen molar-refractivity contribution in [2.75, 3.05) is 24.9 Å². The highest BCUT2D eigenvalue weighted by atomic mass is 32.1. The average Bonchev–Trinajstić information content (AvgIpc) is 2.96. The van der Waals surface area contributed by atoms with Crippen LogP contribution >= 0.6 is 11.3 Å². The number of amides is 2. The predicted molar refractivity (Wildman–Crippen MR) is 91.8 cm³/mol. The SMILES string of the molecule is COc1cc(NC(=O)Nc2nc3ccccc3s2)cc(OC)c1. The van der Waals surface area contributed by atoms with E-state index >= 15 is 0 Å². The number of thiazole rings is 1. The quantitative estimate of drug-likeness (QED) is 0.760. The number of ether oxygens (including phenoxy) is 2. The van der Waals surface area contributed by atoms with E-state index in [1.807, 2.05) is 24.3 Å². The van der Waals surface area contributed by atoms with Crippen molar-refractivity contribution in [3.8, 4) is 11.5 Å². The summed E-state index contributed by atoms with van der Waals surface area (Å²) in [4.78, 5) is 16.5. The van der Waals surface area contributed by atoms with E-state index in [2.05, 4.69) is 15.6 Å². The first kappa shape index (κ1) is 15.1. The van der Waals surface area contributed by atoms with Crippen LogP contribution in [0.2, 0.25) is 0 Å². The number of anilines is 2. The number of methoxy groups -OCH3 is 2. The number of hydrogen-bond donors (Lipinski definition) is 2. The normalized spacial score (nSPS) is 10.3. The number of rotatable bonds is 4. The molecule has 2 aromatic carbocycles. The summed E-state index contributed by atoms with van der Waals surface area (Å²) in [5, 5.41) is 6.01. The van der Waals surface area contributed by atoms with Crippen LogP contribution in [-0.2, 0) is 0 Å². The number of nitrogens with zero attached hydrogens (tertiary/aromatic N) is 1. The highest BCUT2D eigenvalue weighted by molar-refractivity contribution is 7.22. The lowest BCUT2D eigenvalue weighted by atomic mass is 10.3. The molecule has 0 bridgehead atoms. The number of benzene rings is 2. The van der Waals surface area contributed by atoms with Gasteiger partial charge in [-0.3, -0.25) is 5.32 Å². The average molecular weight is 329 g/mol. The summed E-state index contributed by atoms with van der Waals surface area (Å²) in [7, 11) is 3.11. The number of carbonyl (C=O) groups is 1. The highest BCUT2D eigenvalue weighted by Gasteiger charge is 2.09. The van der Waals surface area contributed by atoms with E-state index in [0.717, 1.165) is 10.2 Å². The third kappa shape index (κ3) is 3.51. The molecule has 0 aliphatic rings. The van der Waals surface area contributed by atoms with Gasteiger partial charge in [-0.1, -0.05) is 23.5 Å². The van der Waals surface area contributed by atoms with Gasteiger partial charge in [0.15, 0.2) is 5.13 Å². The van der Waals surface area contributed by atoms with Crippen LogP contribution in [0.5, 0.6) is 11.5 Å². The van der Waals surface area contributed by atoms with Crippen LogP contribution in [0.15, 0.2) is 42.5 Å². The molecule has 3 rings (SSSR count). The van der Waals surface area contributed by atoms with E-state index in [0.29, 0.717) is 22.3 Å². The molecule has 0 atom stereocenters. The van der Waals surface area contributed by atoms with E-state index in [9.17, 15) is 4.79 Å². The van der Waals surface area contributed by atoms with Crippen molar-refractivity contribution in [1.29, 1.82) is 0 Å². The molecule has 0 saturated carbocycles. The third-order valence-electron chi connectivity index (χ3n) is 3.12. The van der Waals surface area contributed by atoms with Gasteiger partial charge < -0.3 is 14.8 Å². The Labute approximate surface area is 137 Å². The summed E-state index contributed by atoms with van der Waals surface area (Å²) in [5.41, 5.74) is 1.43. The number of aromatic nitrogens is 1. The van der Waals surface area contributed by atoms with Gasteiger partial charge in [0.2, 0.25) is 0 Å². The highest BCUT2D eigenvalue weighted by Crippen LogP contribution is 2.27. The van der Waals surface area contributed by atoms with Crippen molar-refractivity contribution < 1.29 is 14.3 Å². The van der Waals surface area contributed by atoms with Crippen LogP contribution in [0.4, 0.5) is 15.6 Å². The first-order chi connectivity index (χ1) is 11.2. The maximum absolute atomic E-state index is 12.1. The van der Waals surface area contributed by atoms with Crippen molar-refractivity contribution in [2.24, 2.45) is 0 Å². The molecule has 7 heteroatoms. The molecule has 0 aliphatic carbocycles. The van der Waals surface area contributed by atoms with Gasteiger partial charge in [0.25, 0.3) is 0 Å². The molecule has 2 amide bonds. The van der Waals surface area contributed by atoms with Crippen molar-refractivity contribution >= 4 is 38.4 Å². The number of nitrogens with one attached hydrogen (secondary N) is 2. The fourth-order valence-corrected chi connectivity index (χ4v) is 2.93. The fourth-order valence-electron chi connectivity index (χ4n) is 2.06. The number of hydrogen-bond acceptors (Lipinski definition) is 5. The van der Waals surface area contributed by atoms with Crippen molar-refractivity contribution in [3.63, 3.8) is 0 Å². The molecule has 0 fully saturated rings. The van der Waals surface area contributed by atoms with E-state index < -0.39 is 0 Å². The van der Waals surface area contributed by atoms with Crippen LogP contribution in [-0.4, -0.2) is 25.2 Å². The Morgan fingerprint density at radius 3 is 2.39 bits per heavy atom. The molecule has 1 heterocycles. The van der Waals surface area contributed by atoms with Gasteiger partial charge in [-0.25, -0.2) is 9.78 Å². The van der Waals surface area contributed by atoms with E-state index in [-0.39, 0.29) is 6.03 Å². The van der Waals surface area contributed by atoms with Gasteiger partial charge in [0, 0.05) is 23.9 Å². The molecule has 0 radical (unpaired) electrons. The molecule has 0 unspecified atom stereocenters. The summed E-state index contributed by atoms with van der Waals surface area (Å²) in [6.45, 7) is 0. The van der Waals surface area contributed by atoms with Gasteiger partial charge in [0.05, 0.1) is 24.4 Å². The second-order valence-corrected chi connectivity index (χ2v) is 5.70. The largest absolute Gasteiger partial charge is 0.497 e. The van der Waals surface area contributed by atoms with Crippen LogP contribution < -0.4 is 20.1 Å². The Hall–Kier alpha value is -2.80. The zero-order valence-electron chi connectivity index (χ0n) is 12.6. The molecular formula is C16H15N3O3S. The monoisotopic (exact) mass is 329 g/mol. The molecular weight excluding hydrogens is 314 g/mol. The lowest BCUT2D eigenvalue weighted by molar-refractivity contribution is 0.262. The van der Waals surface area contributed by atoms with Crippen LogP contribution in [0.3, 0.4) is 0 Å². The predicted octanol–water partition coefficient (Wildman–Crippen LogP) is 3.96. The van der Waals surface area contributed by atoms with Gasteiger partial charge in [-0.2, -0.15) is 0 Å². The molecule has 118 valence electrons. The standard InChI is InChI=1S/C16H15N3O3S/c1-21-11-7-10(8-12(9-11)22-2)17-15(20)19-16-18-13-5-3-4-6-14(13)23-16/h3-9H,1-2H3,(H2,17,18,19,20). The molecule has 0 aliphatic heterocycles. The van der Waals surface area contributed by atoms with Gasteiger partial charge >= 0.3 is 6.03 Å². The number of fused-ring (bicyclic) bond motifs is 1. The minimum Gasteiger partial charge on any atom is -0.497 e. The second kappa shape index (κ2) is 6.53. The van der Waals surface area contributed by atoms with Gasteiger partial charge in [-0.05, 0) is 12.1 Å². The van der Waals surface area contributed by atoms with Crippen LogP contribution in [0.25, 0.3) is 10.2 Å². The summed E-state index contributed by atoms with van der Waals surface area (Å²) in [6.07, 6.45) is 0. The zero-order valence-corrected chi connectivity index (χ0v) is 13.4. The topological polar surface area (TPSA) is 72.5 Å². The van der Waals surface area contributed by atoms with Crippen LogP contribution in [0.1, 0.15) is 0 Å². The van der Waals surface area contributed by atoms with Gasteiger partial charge in [-0.15, -0.1) is 0 Å². The minimum absolute atomic E-state index is 0.376. The number of carbonyl (C=O) groups excluding carboxylic acids is 1. The van der Waals surface area contributed by atoms with E-state index in [4.69, 9.17) is 9.47 Å². The number of para-hydroxylation sites is 1. The second-order valence-electron chi connectivity index (χ2n) is 4.67. The lowest BCUT2D eigenvalue weighted by Gasteiger charge is -2.09. The number of urea groups is 1. The third-order valence-corrected chi connectivity index (χ3v) is 4.08. The van der Waals surface area contributed by atoms with E-state index in [1.165, 1.54) is 11.3 Å². The van der Waals surface area contributed by atoms with Crippen molar-refractivity contribution in [2.45, 2.75) is 0 Å². The molecule has 2 N–H and O–H groups in total. The molecule has 1 aromatic heterocycles. The molecule has 6 nitrogen and oxygen atoms in total. The maximum Gasteiger partial charge on any atom is 0.325 e. The Bertz CT molecular complexity index is 792. The molecule has 0 spiro atoms. The van der Waals surface area contributed by atoms with Gasteiger partial charge in [0.1, 0.15) is 11.5 Å². The fraction of sp³-hybridized carbons (Fsp3) is 0.125. The summed E-state index contributed by atoms with van der Waals surface area (Å²) < 4.78 is 11.4. The first-order valence-corrected chi connectivity index (χ1v) is 7.66. The lowest BCUT2D eigenvalue weighted by Crippen LogP contribution is -2.19. The Kier molecular flexibility index (Phi) is 4.29. The summed E-state index contributed by atoms with van der Waals surface area (Å²) >= 11 is 1.42. The Balaban J connectivity index is 1.74. The molecule has 3 aromatic rings.